The molecule has 0 bridgehead atoms. The fraction of sp³-hybridized carbons (Fsp3) is 0.167. The third-order valence-electron chi connectivity index (χ3n) is 3.79. The van der Waals surface area contributed by atoms with E-state index in [1.54, 1.807) is 18.3 Å². The lowest BCUT2D eigenvalue weighted by atomic mass is 10.1. The third kappa shape index (κ3) is 3.29. The Morgan fingerprint density at radius 1 is 1.13 bits per heavy atom. The van der Waals surface area contributed by atoms with Crippen LogP contribution < -0.4 is 10.9 Å². The Bertz CT molecular complexity index is 915. The van der Waals surface area contributed by atoms with E-state index in [0.29, 0.717) is 11.9 Å². The van der Waals surface area contributed by atoms with Crippen molar-refractivity contribution in [2.45, 2.75) is 20.0 Å². The minimum Gasteiger partial charge on any atom is -0.350 e. The van der Waals surface area contributed by atoms with Gasteiger partial charge in [0.2, 0.25) is 5.91 Å². The van der Waals surface area contributed by atoms with Crippen molar-refractivity contribution in [2.24, 2.45) is 0 Å². The zero-order valence-corrected chi connectivity index (χ0v) is 12.8. The number of fused-ring (bicyclic) bond motifs is 1. The molecule has 0 spiro atoms. The highest BCUT2D eigenvalue weighted by atomic mass is 16.2. The molecule has 0 fully saturated rings. The topological polar surface area (TPSA) is 64.0 Å². The summed E-state index contributed by atoms with van der Waals surface area (Å²) in [7, 11) is 0. The zero-order valence-electron chi connectivity index (χ0n) is 12.8. The number of carbonyl (C=O) groups excluding carboxylic acids is 1. The molecule has 1 N–H and O–H groups in total. The van der Waals surface area contributed by atoms with E-state index in [1.165, 1.54) is 4.68 Å². The van der Waals surface area contributed by atoms with E-state index in [4.69, 9.17) is 0 Å². The fourth-order valence-corrected chi connectivity index (χ4v) is 2.43. The molecule has 3 aromatic rings. The average molecular weight is 307 g/mol. The first-order valence-corrected chi connectivity index (χ1v) is 7.41. The number of rotatable bonds is 4. The summed E-state index contributed by atoms with van der Waals surface area (Å²) in [5.41, 5.74) is 1.92. The Morgan fingerprint density at radius 3 is 2.70 bits per heavy atom. The van der Waals surface area contributed by atoms with Gasteiger partial charge in [0.1, 0.15) is 6.54 Å². The van der Waals surface area contributed by atoms with Gasteiger partial charge in [-0.1, -0.05) is 42.5 Å². The first-order chi connectivity index (χ1) is 11.1. The molecule has 0 unspecified atom stereocenters. The molecule has 3 rings (SSSR count). The second-order valence-corrected chi connectivity index (χ2v) is 5.40. The third-order valence-corrected chi connectivity index (χ3v) is 3.79. The van der Waals surface area contributed by atoms with Crippen LogP contribution in [-0.4, -0.2) is 15.7 Å². The summed E-state index contributed by atoms with van der Waals surface area (Å²) in [4.78, 5) is 24.4. The summed E-state index contributed by atoms with van der Waals surface area (Å²) in [5.74, 6) is -0.238. The summed E-state index contributed by atoms with van der Waals surface area (Å²) in [6.07, 6.45) is 1.60. The highest BCUT2D eigenvalue weighted by Crippen LogP contribution is 2.07. The van der Waals surface area contributed by atoms with E-state index in [0.717, 1.165) is 16.5 Å². The Balaban J connectivity index is 1.72. The lowest BCUT2D eigenvalue weighted by Gasteiger charge is -2.09. The monoisotopic (exact) mass is 307 g/mol. The highest BCUT2D eigenvalue weighted by molar-refractivity contribution is 5.81. The molecule has 2 aromatic carbocycles. The average Bonchev–Trinajstić information content (AvgIpc) is 2.57. The lowest BCUT2D eigenvalue weighted by molar-refractivity contribution is -0.122. The van der Waals surface area contributed by atoms with Crippen molar-refractivity contribution in [2.75, 3.05) is 0 Å². The van der Waals surface area contributed by atoms with Gasteiger partial charge in [0.25, 0.3) is 5.56 Å². The largest absolute Gasteiger partial charge is 0.350 e. The number of nitrogens with zero attached hydrogens (tertiary/aromatic N) is 2. The van der Waals surface area contributed by atoms with Crippen LogP contribution in [0.15, 0.2) is 59.5 Å². The van der Waals surface area contributed by atoms with E-state index in [1.807, 2.05) is 43.3 Å². The van der Waals surface area contributed by atoms with Gasteiger partial charge in [-0.3, -0.25) is 9.59 Å². The van der Waals surface area contributed by atoms with Crippen LogP contribution in [0.2, 0.25) is 0 Å². The number of aromatic nitrogens is 2. The second kappa shape index (κ2) is 6.44. The van der Waals surface area contributed by atoms with Gasteiger partial charge in [-0.15, -0.1) is 0 Å². The SMILES string of the molecule is Cc1ccccc1CNC(=O)Cn1ncc2ccccc2c1=O. The minimum absolute atomic E-state index is 0.0877. The molecule has 0 aliphatic rings. The molecule has 116 valence electrons. The number of benzene rings is 2. The van der Waals surface area contributed by atoms with Crippen LogP contribution in [0, 0.1) is 6.92 Å². The van der Waals surface area contributed by atoms with Crippen molar-refractivity contribution < 1.29 is 4.79 Å². The maximum Gasteiger partial charge on any atom is 0.275 e. The molecule has 0 aliphatic heterocycles. The lowest BCUT2D eigenvalue weighted by Crippen LogP contribution is -2.33. The predicted molar refractivity (Wildman–Crippen MR) is 89.0 cm³/mol. The molecule has 5 nitrogen and oxygen atoms in total. The van der Waals surface area contributed by atoms with Crippen LogP contribution in [0.3, 0.4) is 0 Å². The van der Waals surface area contributed by atoms with E-state index < -0.39 is 0 Å². The van der Waals surface area contributed by atoms with Crippen LogP contribution in [-0.2, 0) is 17.9 Å². The summed E-state index contributed by atoms with van der Waals surface area (Å²) in [5, 5.41) is 8.22. The second-order valence-electron chi connectivity index (χ2n) is 5.40. The number of nitrogens with one attached hydrogen (secondary N) is 1. The summed E-state index contributed by atoms with van der Waals surface area (Å²) < 4.78 is 1.19. The molecule has 0 aliphatic carbocycles. The van der Waals surface area contributed by atoms with Gasteiger partial charge in [0.05, 0.1) is 11.6 Å². The fourth-order valence-electron chi connectivity index (χ4n) is 2.43. The van der Waals surface area contributed by atoms with Gasteiger partial charge in [-0.2, -0.15) is 5.10 Å². The first-order valence-electron chi connectivity index (χ1n) is 7.41. The molecule has 23 heavy (non-hydrogen) atoms. The molecule has 0 atom stereocenters. The van der Waals surface area contributed by atoms with Crippen molar-refractivity contribution >= 4 is 16.7 Å². The number of hydrogen-bond acceptors (Lipinski definition) is 3. The standard InChI is InChI=1S/C18H17N3O2/c1-13-6-2-3-7-14(13)10-19-17(22)12-21-18(23)16-9-5-4-8-15(16)11-20-21/h2-9,11H,10,12H2,1H3,(H,19,22). The molecular weight excluding hydrogens is 290 g/mol. The van der Waals surface area contributed by atoms with E-state index >= 15 is 0 Å². The maximum absolute atomic E-state index is 12.3. The summed E-state index contributed by atoms with van der Waals surface area (Å²) in [6.45, 7) is 2.35. The number of amides is 1. The van der Waals surface area contributed by atoms with Gasteiger partial charge >= 0.3 is 0 Å². The normalized spacial score (nSPS) is 10.7. The molecule has 5 heteroatoms. The molecule has 0 saturated heterocycles. The molecule has 1 aromatic heterocycles. The van der Waals surface area contributed by atoms with Gasteiger partial charge in [-0.25, -0.2) is 4.68 Å². The maximum atomic E-state index is 12.3. The van der Waals surface area contributed by atoms with E-state index in [-0.39, 0.29) is 18.0 Å². The van der Waals surface area contributed by atoms with Gasteiger partial charge in [-0.05, 0) is 24.1 Å². The van der Waals surface area contributed by atoms with Gasteiger partial charge < -0.3 is 5.32 Å². The molecule has 0 radical (unpaired) electrons. The Morgan fingerprint density at radius 2 is 1.87 bits per heavy atom. The predicted octanol–water partition coefficient (Wildman–Crippen LogP) is 2.02. The summed E-state index contributed by atoms with van der Waals surface area (Å²) in [6, 6.07) is 15.1. The molecule has 1 amide bonds. The van der Waals surface area contributed by atoms with Gasteiger partial charge in [0.15, 0.2) is 0 Å². The molecule has 1 heterocycles. The summed E-state index contributed by atoms with van der Waals surface area (Å²) >= 11 is 0. The van der Waals surface area contributed by atoms with Gasteiger partial charge in [0, 0.05) is 11.9 Å². The highest BCUT2D eigenvalue weighted by Gasteiger charge is 2.08. The van der Waals surface area contributed by atoms with Crippen LogP contribution >= 0.6 is 0 Å². The van der Waals surface area contributed by atoms with Crippen molar-refractivity contribution in [1.82, 2.24) is 15.1 Å². The Kier molecular flexibility index (Phi) is 4.19. The van der Waals surface area contributed by atoms with Crippen molar-refractivity contribution in [3.63, 3.8) is 0 Å². The van der Waals surface area contributed by atoms with Crippen LogP contribution in [0.1, 0.15) is 11.1 Å². The molecule has 0 saturated carbocycles. The number of carbonyl (C=O) groups is 1. The van der Waals surface area contributed by atoms with Crippen LogP contribution in [0.4, 0.5) is 0 Å². The smallest absolute Gasteiger partial charge is 0.275 e. The van der Waals surface area contributed by atoms with Crippen LogP contribution in [0.5, 0.6) is 0 Å². The van der Waals surface area contributed by atoms with Crippen molar-refractivity contribution in [3.05, 3.63) is 76.2 Å². The first kappa shape index (κ1) is 15.0. The molecular formula is C18H17N3O2. The Hall–Kier alpha value is -2.95. The van der Waals surface area contributed by atoms with E-state index in [9.17, 15) is 9.59 Å². The quantitative estimate of drug-likeness (QED) is 0.802. The zero-order chi connectivity index (χ0) is 16.2. The Labute approximate surface area is 133 Å². The number of hydrogen-bond donors (Lipinski definition) is 1. The number of aryl methyl sites for hydroxylation is 1. The van der Waals surface area contributed by atoms with Crippen LogP contribution in [0.25, 0.3) is 10.8 Å². The van der Waals surface area contributed by atoms with Crippen molar-refractivity contribution in [1.29, 1.82) is 0 Å². The van der Waals surface area contributed by atoms with E-state index in [2.05, 4.69) is 10.4 Å². The minimum atomic E-state index is -0.255. The van der Waals surface area contributed by atoms with Crippen molar-refractivity contribution in [3.8, 4) is 0 Å².